The summed E-state index contributed by atoms with van der Waals surface area (Å²) in [5.41, 5.74) is -1.17. The molecule has 5 heteroatoms. The lowest BCUT2D eigenvalue weighted by atomic mass is 9.68. The van der Waals surface area contributed by atoms with Crippen LogP contribution in [-0.2, 0) is 14.3 Å². The second-order valence-electron chi connectivity index (χ2n) is 7.45. The van der Waals surface area contributed by atoms with E-state index in [2.05, 4.69) is 0 Å². The van der Waals surface area contributed by atoms with Gasteiger partial charge in [0.25, 0.3) is 0 Å². The molecule has 2 aliphatic rings. The largest absolute Gasteiger partial charge is 0.465 e. The summed E-state index contributed by atoms with van der Waals surface area (Å²) in [5, 5.41) is 0. The van der Waals surface area contributed by atoms with Crippen LogP contribution in [0.1, 0.15) is 59.8 Å². The fourth-order valence-corrected chi connectivity index (χ4v) is 3.64. The van der Waals surface area contributed by atoms with Crippen LogP contribution in [0.2, 0.25) is 0 Å². The molecular weight excluding hydrogens is 294 g/mol. The normalized spacial score (nSPS) is 27.8. The van der Waals surface area contributed by atoms with Crippen molar-refractivity contribution in [2.75, 3.05) is 13.2 Å². The standard InChI is InChI=1S/C18H29NO4/c1-5-22-15(20)18-11-7-6-10-14(18)19(13-9-8-12-18)16(21)23-17(2,3)4/h8-9,14H,5-7,10-13H2,1-4H3/t14-,18-/m1/s1. The van der Waals surface area contributed by atoms with Crippen molar-refractivity contribution in [3.63, 3.8) is 0 Å². The predicted octanol–water partition coefficient (Wildman–Crippen LogP) is 3.68. The summed E-state index contributed by atoms with van der Waals surface area (Å²) in [6, 6.07) is -0.153. The molecule has 1 heterocycles. The van der Waals surface area contributed by atoms with Gasteiger partial charge in [-0.2, -0.15) is 0 Å². The summed E-state index contributed by atoms with van der Waals surface area (Å²) in [5.74, 6) is -0.176. The molecule has 0 radical (unpaired) electrons. The van der Waals surface area contributed by atoms with Gasteiger partial charge >= 0.3 is 12.1 Å². The van der Waals surface area contributed by atoms with Crippen molar-refractivity contribution in [3.8, 4) is 0 Å². The molecule has 0 aromatic heterocycles. The van der Waals surface area contributed by atoms with E-state index < -0.39 is 11.0 Å². The summed E-state index contributed by atoms with van der Waals surface area (Å²) in [6.45, 7) is 8.25. The maximum atomic E-state index is 12.7. The number of carbonyl (C=O) groups excluding carboxylic acids is 2. The molecule has 1 amide bonds. The number of nitrogens with zero attached hydrogens (tertiary/aromatic N) is 1. The smallest absolute Gasteiger partial charge is 0.410 e. The zero-order valence-corrected chi connectivity index (χ0v) is 14.8. The molecule has 0 spiro atoms. The van der Waals surface area contributed by atoms with E-state index in [4.69, 9.17) is 9.47 Å². The van der Waals surface area contributed by atoms with Gasteiger partial charge in [-0.15, -0.1) is 0 Å². The Bertz CT molecular complexity index is 480. The van der Waals surface area contributed by atoms with Crippen LogP contribution in [0, 0.1) is 5.41 Å². The van der Waals surface area contributed by atoms with Gasteiger partial charge in [0.1, 0.15) is 5.60 Å². The summed E-state index contributed by atoms with van der Waals surface area (Å²) < 4.78 is 10.9. The summed E-state index contributed by atoms with van der Waals surface area (Å²) in [4.78, 5) is 27.1. The molecule has 5 nitrogen and oxygen atoms in total. The Kier molecular flexibility index (Phi) is 5.37. The van der Waals surface area contributed by atoms with E-state index in [1.54, 1.807) is 4.90 Å². The van der Waals surface area contributed by atoms with E-state index in [0.717, 1.165) is 25.7 Å². The first-order chi connectivity index (χ1) is 10.8. The van der Waals surface area contributed by atoms with Gasteiger partial charge in [-0.3, -0.25) is 4.79 Å². The molecule has 1 saturated carbocycles. The molecule has 1 aliphatic heterocycles. The van der Waals surface area contributed by atoms with Gasteiger partial charge in [-0.05, 0) is 47.0 Å². The van der Waals surface area contributed by atoms with E-state index in [1.807, 2.05) is 39.8 Å². The molecule has 2 atom stereocenters. The molecular formula is C18H29NO4. The van der Waals surface area contributed by atoms with Crippen molar-refractivity contribution in [2.45, 2.75) is 71.4 Å². The molecule has 23 heavy (non-hydrogen) atoms. The van der Waals surface area contributed by atoms with Gasteiger partial charge in [0.05, 0.1) is 18.1 Å². The first-order valence-electron chi connectivity index (χ1n) is 8.62. The first kappa shape index (κ1) is 17.8. The minimum Gasteiger partial charge on any atom is -0.465 e. The topological polar surface area (TPSA) is 55.8 Å². The molecule has 0 unspecified atom stereocenters. The van der Waals surface area contributed by atoms with Gasteiger partial charge in [0.2, 0.25) is 0 Å². The summed E-state index contributed by atoms with van der Waals surface area (Å²) >= 11 is 0. The first-order valence-corrected chi connectivity index (χ1v) is 8.62. The SMILES string of the molecule is CCOC(=O)[C@]12CC=CCN(C(=O)OC(C)(C)C)[C@@H]1CCCC2. The van der Waals surface area contributed by atoms with E-state index in [-0.39, 0.29) is 18.1 Å². The van der Waals surface area contributed by atoms with Gasteiger partial charge in [0, 0.05) is 6.54 Å². The monoisotopic (exact) mass is 323 g/mol. The van der Waals surface area contributed by atoms with E-state index in [0.29, 0.717) is 19.6 Å². The Balaban J connectivity index is 2.31. The van der Waals surface area contributed by atoms with Crippen LogP contribution in [0.3, 0.4) is 0 Å². The van der Waals surface area contributed by atoms with E-state index >= 15 is 0 Å². The van der Waals surface area contributed by atoms with Crippen molar-refractivity contribution in [1.29, 1.82) is 0 Å². The second kappa shape index (κ2) is 6.93. The summed E-state index contributed by atoms with van der Waals surface area (Å²) in [7, 11) is 0. The Labute approximate surface area is 139 Å². The highest BCUT2D eigenvalue weighted by atomic mass is 16.6. The molecule has 2 rings (SSSR count). The Hall–Kier alpha value is -1.52. The molecule has 0 aromatic rings. The molecule has 0 aromatic carbocycles. The number of fused-ring (bicyclic) bond motifs is 1. The molecule has 0 saturated heterocycles. The van der Waals surface area contributed by atoms with Crippen LogP contribution in [0.5, 0.6) is 0 Å². The van der Waals surface area contributed by atoms with E-state index in [1.165, 1.54) is 0 Å². The zero-order valence-electron chi connectivity index (χ0n) is 14.8. The number of hydrogen-bond acceptors (Lipinski definition) is 4. The number of ether oxygens (including phenoxy) is 2. The van der Waals surface area contributed by atoms with Crippen molar-refractivity contribution < 1.29 is 19.1 Å². The van der Waals surface area contributed by atoms with Crippen molar-refractivity contribution in [2.24, 2.45) is 5.41 Å². The van der Waals surface area contributed by atoms with Crippen LogP contribution in [0.4, 0.5) is 4.79 Å². The van der Waals surface area contributed by atoms with Crippen molar-refractivity contribution in [1.82, 2.24) is 4.90 Å². The van der Waals surface area contributed by atoms with Gasteiger partial charge in [-0.25, -0.2) is 4.79 Å². The van der Waals surface area contributed by atoms with Gasteiger partial charge in [0.15, 0.2) is 0 Å². The van der Waals surface area contributed by atoms with Crippen molar-refractivity contribution >= 4 is 12.1 Å². The fraction of sp³-hybridized carbons (Fsp3) is 0.778. The molecule has 0 N–H and O–H groups in total. The number of allylic oxidation sites excluding steroid dienone is 1. The third-order valence-electron chi connectivity index (χ3n) is 4.63. The van der Waals surface area contributed by atoms with Crippen LogP contribution in [0.25, 0.3) is 0 Å². The van der Waals surface area contributed by atoms with E-state index in [9.17, 15) is 9.59 Å². The number of esters is 1. The second-order valence-corrected chi connectivity index (χ2v) is 7.45. The predicted molar refractivity (Wildman–Crippen MR) is 88.0 cm³/mol. The Morgan fingerprint density at radius 1 is 1.26 bits per heavy atom. The maximum Gasteiger partial charge on any atom is 0.410 e. The minimum atomic E-state index is -0.627. The quantitative estimate of drug-likeness (QED) is 0.574. The highest BCUT2D eigenvalue weighted by Gasteiger charge is 2.52. The third-order valence-corrected chi connectivity index (χ3v) is 4.63. The van der Waals surface area contributed by atoms with Crippen LogP contribution >= 0.6 is 0 Å². The lowest BCUT2D eigenvalue weighted by Crippen LogP contribution is -2.56. The lowest BCUT2D eigenvalue weighted by molar-refractivity contribution is -0.162. The highest BCUT2D eigenvalue weighted by Crippen LogP contribution is 2.45. The van der Waals surface area contributed by atoms with Crippen LogP contribution in [0.15, 0.2) is 12.2 Å². The van der Waals surface area contributed by atoms with Crippen LogP contribution in [-0.4, -0.2) is 41.8 Å². The minimum absolute atomic E-state index is 0.153. The molecule has 1 aliphatic carbocycles. The summed E-state index contributed by atoms with van der Waals surface area (Å²) in [6.07, 6.45) is 7.86. The number of rotatable bonds is 2. The van der Waals surface area contributed by atoms with Gasteiger partial charge < -0.3 is 14.4 Å². The Morgan fingerprint density at radius 3 is 2.65 bits per heavy atom. The maximum absolute atomic E-state index is 12.7. The van der Waals surface area contributed by atoms with Crippen LogP contribution < -0.4 is 0 Å². The van der Waals surface area contributed by atoms with Crippen molar-refractivity contribution in [3.05, 3.63) is 12.2 Å². The molecule has 130 valence electrons. The number of carbonyl (C=O) groups is 2. The lowest BCUT2D eigenvalue weighted by Gasteiger charge is -2.45. The number of hydrogen-bond donors (Lipinski definition) is 0. The zero-order chi connectivity index (χ0) is 17.1. The highest BCUT2D eigenvalue weighted by molar-refractivity contribution is 5.80. The average Bonchev–Trinajstić information content (AvgIpc) is 2.66. The fourth-order valence-electron chi connectivity index (χ4n) is 3.64. The Morgan fingerprint density at radius 2 is 2.00 bits per heavy atom. The number of amides is 1. The molecule has 0 bridgehead atoms. The molecule has 1 fully saturated rings. The van der Waals surface area contributed by atoms with Gasteiger partial charge in [-0.1, -0.05) is 25.0 Å². The third kappa shape index (κ3) is 3.88. The average molecular weight is 323 g/mol.